The molecule has 0 spiro atoms. The summed E-state index contributed by atoms with van der Waals surface area (Å²) in [6, 6.07) is 12.6. The van der Waals surface area contributed by atoms with E-state index in [9.17, 15) is 0 Å². The van der Waals surface area contributed by atoms with Crippen LogP contribution in [0, 0.1) is 0 Å². The van der Waals surface area contributed by atoms with E-state index in [1.807, 2.05) is 30.2 Å². The molecule has 2 rings (SSSR count). The molecule has 0 fully saturated rings. The zero-order valence-electron chi connectivity index (χ0n) is 7.23. The summed E-state index contributed by atoms with van der Waals surface area (Å²) >= 11 is 1.85. The third kappa shape index (κ3) is 2.39. The summed E-state index contributed by atoms with van der Waals surface area (Å²) in [7, 11) is 0. The van der Waals surface area contributed by atoms with Gasteiger partial charge in [0.15, 0.2) is 0 Å². The molecular formula is C11H11NS. The van der Waals surface area contributed by atoms with Crippen LogP contribution in [0.2, 0.25) is 0 Å². The Labute approximate surface area is 82.2 Å². The van der Waals surface area contributed by atoms with Crippen LogP contribution in [0.5, 0.6) is 0 Å². The van der Waals surface area contributed by atoms with Crippen molar-refractivity contribution in [2.75, 3.05) is 0 Å². The maximum Gasteiger partial charge on any atom is 0.0250 e. The van der Waals surface area contributed by atoms with Crippen LogP contribution in [-0.4, -0.2) is 4.98 Å². The van der Waals surface area contributed by atoms with Crippen molar-refractivity contribution in [1.82, 2.24) is 4.98 Å². The van der Waals surface area contributed by atoms with Gasteiger partial charge in [0.1, 0.15) is 0 Å². The van der Waals surface area contributed by atoms with Gasteiger partial charge in [0.25, 0.3) is 0 Å². The number of hydrogen-bond acceptors (Lipinski definition) is 1. The molecule has 1 nitrogen and oxygen atoms in total. The minimum absolute atomic E-state index is 1.04. The highest BCUT2D eigenvalue weighted by molar-refractivity contribution is 7.98. The van der Waals surface area contributed by atoms with Crippen molar-refractivity contribution in [3.05, 3.63) is 54.4 Å². The highest BCUT2D eigenvalue weighted by Crippen LogP contribution is 2.21. The molecule has 66 valence electrons. The van der Waals surface area contributed by atoms with Gasteiger partial charge >= 0.3 is 0 Å². The lowest BCUT2D eigenvalue weighted by Gasteiger charge is -1.98. The van der Waals surface area contributed by atoms with Crippen molar-refractivity contribution in [3.63, 3.8) is 0 Å². The Hall–Kier alpha value is -1.15. The van der Waals surface area contributed by atoms with E-state index in [1.165, 1.54) is 10.5 Å². The molecule has 0 aliphatic carbocycles. The lowest BCUT2D eigenvalue weighted by Crippen LogP contribution is -1.77. The smallest absolute Gasteiger partial charge is 0.0250 e. The van der Waals surface area contributed by atoms with E-state index < -0.39 is 0 Å². The highest BCUT2D eigenvalue weighted by atomic mass is 32.2. The number of hydrogen-bond donors (Lipinski definition) is 1. The molecular weight excluding hydrogens is 178 g/mol. The number of aromatic nitrogens is 1. The monoisotopic (exact) mass is 189 g/mol. The van der Waals surface area contributed by atoms with Crippen LogP contribution in [0.25, 0.3) is 0 Å². The van der Waals surface area contributed by atoms with Gasteiger partial charge in [0.05, 0.1) is 0 Å². The SMILES string of the molecule is c1ccc(CSc2cc[nH]c2)cc1. The van der Waals surface area contributed by atoms with Gasteiger partial charge in [-0.3, -0.25) is 0 Å². The van der Waals surface area contributed by atoms with Crippen LogP contribution < -0.4 is 0 Å². The van der Waals surface area contributed by atoms with Crippen LogP contribution in [0.15, 0.2) is 53.7 Å². The predicted molar refractivity (Wildman–Crippen MR) is 56.8 cm³/mol. The maximum atomic E-state index is 3.05. The van der Waals surface area contributed by atoms with Crippen molar-refractivity contribution in [2.24, 2.45) is 0 Å². The highest BCUT2D eigenvalue weighted by Gasteiger charge is 1.94. The Bertz CT molecular complexity index is 340. The van der Waals surface area contributed by atoms with E-state index in [-0.39, 0.29) is 0 Å². The molecule has 0 saturated carbocycles. The second kappa shape index (κ2) is 4.19. The van der Waals surface area contributed by atoms with E-state index in [0.29, 0.717) is 0 Å². The van der Waals surface area contributed by atoms with Gasteiger partial charge in [-0.25, -0.2) is 0 Å². The predicted octanol–water partition coefficient (Wildman–Crippen LogP) is 3.31. The fourth-order valence-electron chi connectivity index (χ4n) is 1.14. The molecule has 0 radical (unpaired) electrons. The van der Waals surface area contributed by atoms with Gasteiger partial charge in [-0.2, -0.15) is 0 Å². The van der Waals surface area contributed by atoms with Crippen LogP contribution >= 0.6 is 11.8 Å². The summed E-state index contributed by atoms with van der Waals surface area (Å²) in [6.45, 7) is 0. The molecule has 2 heteroatoms. The quantitative estimate of drug-likeness (QED) is 0.732. The minimum atomic E-state index is 1.04. The fraction of sp³-hybridized carbons (Fsp3) is 0.0909. The average Bonchev–Trinajstić information content (AvgIpc) is 2.69. The Morgan fingerprint density at radius 2 is 1.92 bits per heavy atom. The largest absolute Gasteiger partial charge is 0.367 e. The first kappa shape index (κ1) is 8.45. The zero-order chi connectivity index (χ0) is 8.93. The molecule has 0 unspecified atom stereocenters. The Morgan fingerprint density at radius 1 is 1.08 bits per heavy atom. The molecule has 13 heavy (non-hydrogen) atoms. The van der Waals surface area contributed by atoms with E-state index >= 15 is 0 Å². The molecule has 1 aromatic carbocycles. The molecule has 1 N–H and O–H groups in total. The van der Waals surface area contributed by atoms with E-state index in [1.54, 1.807) is 0 Å². The number of aromatic amines is 1. The second-order valence-electron chi connectivity index (χ2n) is 2.82. The average molecular weight is 189 g/mol. The van der Waals surface area contributed by atoms with Gasteiger partial charge < -0.3 is 4.98 Å². The molecule has 0 aliphatic rings. The van der Waals surface area contributed by atoms with Gasteiger partial charge in [-0.1, -0.05) is 30.3 Å². The lowest BCUT2D eigenvalue weighted by atomic mass is 10.2. The summed E-state index contributed by atoms with van der Waals surface area (Å²) in [5.74, 6) is 1.04. The van der Waals surface area contributed by atoms with Crippen molar-refractivity contribution in [2.45, 2.75) is 10.6 Å². The number of nitrogens with one attached hydrogen (secondary N) is 1. The minimum Gasteiger partial charge on any atom is -0.367 e. The van der Waals surface area contributed by atoms with Gasteiger partial charge in [0.2, 0.25) is 0 Å². The first-order valence-corrected chi connectivity index (χ1v) is 5.23. The van der Waals surface area contributed by atoms with Gasteiger partial charge in [-0.05, 0) is 11.6 Å². The standard InChI is InChI=1S/C11H11NS/c1-2-4-10(5-3-1)9-13-11-6-7-12-8-11/h1-8,12H,9H2. The van der Waals surface area contributed by atoms with E-state index in [0.717, 1.165) is 5.75 Å². The van der Waals surface area contributed by atoms with Crippen molar-refractivity contribution >= 4 is 11.8 Å². The summed E-state index contributed by atoms with van der Waals surface area (Å²) in [5.41, 5.74) is 1.37. The molecule has 0 amide bonds. The first-order chi connectivity index (χ1) is 6.45. The van der Waals surface area contributed by atoms with Crippen molar-refractivity contribution in [3.8, 4) is 0 Å². The maximum absolute atomic E-state index is 3.05. The summed E-state index contributed by atoms with van der Waals surface area (Å²) < 4.78 is 0. The summed E-state index contributed by atoms with van der Waals surface area (Å²) in [5, 5.41) is 0. The molecule has 1 heterocycles. The Balaban J connectivity index is 1.94. The number of benzene rings is 1. The van der Waals surface area contributed by atoms with Gasteiger partial charge in [0, 0.05) is 23.0 Å². The summed E-state index contributed by atoms with van der Waals surface area (Å²) in [6.07, 6.45) is 3.97. The Morgan fingerprint density at radius 3 is 2.62 bits per heavy atom. The van der Waals surface area contributed by atoms with Crippen molar-refractivity contribution < 1.29 is 0 Å². The third-order valence-corrected chi connectivity index (χ3v) is 2.88. The number of H-pyrrole nitrogens is 1. The van der Waals surface area contributed by atoms with Gasteiger partial charge in [-0.15, -0.1) is 11.8 Å². The molecule has 1 aromatic heterocycles. The fourth-order valence-corrected chi connectivity index (χ4v) is 1.98. The third-order valence-electron chi connectivity index (χ3n) is 1.82. The first-order valence-electron chi connectivity index (χ1n) is 4.25. The van der Waals surface area contributed by atoms with Crippen LogP contribution in [0.4, 0.5) is 0 Å². The summed E-state index contributed by atoms with van der Waals surface area (Å²) in [4.78, 5) is 4.34. The van der Waals surface area contributed by atoms with Crippen molar-refractivity contribution in [1.29, 1.82) is 0 Å². The van der Waals surface area contributed by atoms with E-state index in [4.69, 9.17) is 0 Å². The molecule has 2 aromatic rings. The normalized spacial score (nSPS) is 10.2. The topological polar surface area (TPSA) is 15.8 Å². The molecule has 0 aliphatic heterocycles. The zero-order valence-corrected chi connectivity index (χ0v) is 8.05. The van der Waals surface area contributed by atoms with Crippen LogP contribution in [0.1, 0.15) is 5.56 Å². The lowest BCUT2D eigenvalue weighted by molar-refractivity contribution is 1.36. The van der Waals surface area contributed by atoms with Crippen LogP contribution in [0.3, 0.4) is 0 Å². The van der Waals surface area contributed by atoms with Crippen LogP contribution in [-0.2, 0) is 5.75 Å². The Kier molecular flexibility index (Phi) is 2.72. The van der Waals surface area contributed by atoms with E-state index in [2.05, 4.69) is 35.3 Å². The number of thioether (sulfide) groups is 1. The molecule has 0 bridgehead atoms. The molecule has 0 saturated heterocycles. The molecule has 0 atom stereocenters. The number of rotatable bonds is 3. The second-order valence-corrected chi connectivity index (χ2v) is 3.87.